The Kier molecular flexibility index (Phi) is 66.7. The molecule has 1 unspecified atom stereocenters. The molecule has 0 fully saturated rings. The zero-order valence-corrected chi connectivity index (χ0v) is 54.4. The zero-order chi connectivity index (χ0) is 59.9. The number of carbonyl (C=O) groups is 3. The molecule has 0 aliphatic rings. The van der Waals surface area contributed by atoms with Crippen molar-refractivity contribution in [3.63, 3.8) is 0 Å². The molecule has 0 amide bonds. The molecule has 0 N–H and O–H groups in total. The van der Waals surface area contributed by atoms with Gasteiger partial charge in [-0.15, -0.1) is 0 Å². The molecule has 0 aliphatic heterocycles. The van der Waals surface area contributed by atoms with Gasteiger partial charge in [0, 0.05) is 19.3 Å². The first kappa shape index (κ1) is 78.8. The van der Waals surface area contributed by atoms with Crippen LogP contribution < -0.4 is 0 Å². The van der Waals surface area contributed by atoms with Crippen molar-refractivity contribution in [3.8, 4) is 0 Å². The predicted molar refractivity (Wildman–Crippen MR) is 362 cm³/mol. The van der Waals surface area contributed by atoms with Crippen molar-refractivity contribution in [2.24, 2.45) is 0 Å². The summed E-state index contributed by atoms with van der Waals surface area (Å²) >= 11 is 0. The number of esters is 3. The lowest BCUT2D eigenvalue weighted by atomic mass is 10.0. The van der Waals surface area contributed by atoms with Crippen LogP contribution in [0.4, 0.5) is 0 Å². The van der Waals surface area contributed by atoms with Crippen LogP contribution in [0.2, 0.25) is 0 Å². The van der Waals surface area contributed by atoms with Crippen LogP contribution in [0.5, 0.6) is 0 Å². The lowest BCUT2D eigenvalue weighted by Crippen LogP contribution is -2.30. The summed E-state index contributed by atoms with van der Waals surface area (Å²) in [5, 5.41) is 0. The number of carbonyl (C=O) groups excluding carboxylic acids is 3. The van der Waals surface area contributed by atoms with Gasteiger partial charge in [0.2, 0.25) is 0 Å². The molecule has 0 aliphatic carbocycles. The molecule has 0 rings (SSSR count). The molecule has 0 heterocycles. The fraction of sp³-hybridized carbons (Fsp3) is 0.701. The van der Waals surface area contributed by atoms with Gasteiger partial charge in [-0.25, -0.2) is 0 Å². The van der Waals surface area contributed by atoms with E-state index in [1.165, 1.54) is 135 Å². The van der Waals surface area contributed by atoms with Crippen molar-refractivity contribution in [3.05, 3.63) is 122 Å². The van der Waals surface area contributed by atoms with E-state index in [-0.39, 0.29) is 31.1 Å². The monoisotopic (exact) mass is 1150 g/mol. The van der Waals surface area contributed by atoms with Gasteiger partial charge in [0.1, 0.15) is 13.2 Å². The molecule has 474 valence electrons. The van der Waals surface area contributed by atoms with E-state index in [0.29, 0.717) is 19.3 Å². The minimum atomic E-state index is -0.800. The summed E-state index contributed by atoms with van der Waals surface area (Å²) in [7, 11) is 0. The zero-order valence-electron chi connectivity index (χ0n) is 54.4. The minimum absolute atomic E-state index is 0.0923. The number of ether oxygens (including phenoxy) is 3. The van der Waals surface area contributed by atoms with Gasteiger partial charge in [0.25, 0.3) is 0 Å². The summed E-state index contributed by atoms with van der Waals surface area (Å²) in [4.78, 5) is 38.4. The number of hydrogen-bond donors (Lipinski definition) is 0. The van der Waals surface area contributed by atoms with Gasteiger partial charge in [-0.3, -0.25) is 14.4 Å². The van der Waals surface area contributed by atoms with E-state index in [4.69, 9.17) is 14.2 Å². The van der Waals surface area contributed by atoms with Crippen molar-refractivity contribution < 1.29 is 28.6 Å². The molecule has 0 aromatic heterocycles. The summed E-state index contributed by atoms with van der Waals surface area (Å²) in [5.41, 5.74) is 0. The molecule has 0 bridgehead atoms. The number of rotatable bonds is 63. The summed E-state index contributed by atoms with van der Waals surface area (Å²) in [6, 6.07) is 0. The van der Waals surface area contributed by atoms with Gasteiger partial charge in [-0.2, -0.15) is 0 Å². The molecule has 0 saturated heterocycles. The molecular formula is C77H130O6. The lowest BCUT2D eigenvalue weighted by molar-refractivity contribution is -0.167. The average Bonchev–Trinajstić information content (AvgIpc) is 3.49. The van der Waals surface area contributed by atoms with Gasteiger partial charge in [-0.05, 0) is 128 Å². The largest absolute Gasteiger partial charge is 0.462 e. The first-order valence-electron chi connectivity index (χ1n) is 35.0. The van der Waals surface area contributed by atoms with Crippen LogP contribution in [-0.2, 0) is 28.6 Å². The topological polar surface area (TPSA) is 78.9 Å². The van der Waals surface area contributed by atoms with E-state index >= 15 is 0 Å². The normalized spacial score (nSPS) is 12.9. The minimum Gasteiger partial charge on any atom is -0.462 e. The summed E-state index contributed by atoms with van der Waals surface area (Å²) in [5.74, 6) is -0.919. The third-order valence-corrected chi connectivity index (χ3v) is 14.9. The third-order valence-electron chi connectivity index (χ3n) is 14.9. The molecule has 0 saturated carbocycles. The Morgan fingerprint density at radius 1 is 0.253 bits per heavy atom. The number of unbranched alkanes of at least 4 members (excludes halogenated alkanes) is 32. The van der Waals surface area contributed by atoms with Gasteiger partial charge >= 0.3 is 17.9 Å². The Morgan fingerprint density at radius 2 is 0.470 bits per heavy atom. The van der Waals surface area contributed by atoms with Crippen LogP contribution in [0.3, 0.4) is 0 Å². The molecule has 83 heavy (non-hydrogen) atoms. The quantitative estimate of drug-likeness (QED) is 0.0261. The van der Waals surface area contributed by atoms with E-state index in [9.17, 15) is 14.4 Å². The maximum atomic E-state index is 12.9. The smallest absolute Gasteiger partial charge is 0.306 e. The van der Waals surface area contributed by atoms with Crippen LogP contribution in [0.15, 0.2) is 122 Å². The molecule has 6 heteroatoms. The maximum Gasteiger partial charge on any atom is 0.306 e. The molecule has 1 atom stereocenters. The first-order chi connectivity index (χ1) is 41.0. The second-order valence-electron chi connectivity index (χ2n) is 23.0. The Labute approximate surface area is 513 Å². The molecule has 0 aromatic rings. The average molecular weight is 1150 g/mol. The maximum absolute atomic E-state index is 12.9. The standard InChI is InChI=1S/C77H130O6/c1-4-7-10-13-16-19-22-25-28-30-32-34-35-36-37-38-39-40-41-43-44-46-49-52-55-58-61-64-67-70-76(79)82-73-74(72-81-75(78)69-66-63-60-57-54-51-48-27-24-21-18-15-12-9-6-3)83-77(80)71-68-65-62-59-56-53-50-47-45-42-33-31-29-26-23-20-17-14-11-8-5-2/h8-9,11-12,17-18,20-22,25-27,29-30,32-33,42,47-48,50,74H,4-7,10,13-16,19,23-24,28,31,34-41,43-46,49,51-73H2,1-3H3/b11-8-,12-9-,20-17-,21-18-,25-22-,29-26-,32-30-,42-33-,48-27-,50-47-. The van der Waals surface area contributed by atoms with Crippen molar-refractivity contribution >= 4 is 17.9 Å². The van der Waals surface area contributed by atoms with Crippen LogP contribution in [-0.4, -0.2) is 37.2 Å². The van der Waals surface area contributed by atoms with E-state index in [2.05, 4.69) is 142 Å². The lowest BCUT2D eigenvalue weighted by Gasteiger charge is -2.18. The van der Waals surface area contributed by atoms with Crippen molar-refractivity contribution in [1.82, 2.24) is 0 Å². The van der Waals surface area contributed by atoms with E-state index < -0.39 is 6.10 Å². The van der Waals surface area contributed by atoms with Gasteiger partial charge in [0.15, 0.2) is 6.10 Å². The van der Waals surface area contributed by atoms with Gasteiger partial charge in [0.05, 0.1) is 0 Å². The Balaban J connectivity index is 4.32. The Bertz CT molecular complexity index is 1700. The van der Waals surface area contributed by atoms with Crippen LogP contribution in [0, 0.1) is 0 Å². The van der Waals surface area contributed by atoms with Crippen molar-refractivity contribution in [2.75, 3.05) is 13.2 Å². The van der Waals surface area contributed by atoms with Crippen molar-refractivity contribution in [2.45, 2.75) is 335 Å². The summed E-state index contributed by atoms with van der Waals surface area (Å²) in [6.45, 7) is 6.40. The Morgan fingerprint density at radius 3 is 0.735 bits per heavy atom. The van der Waals surface area contributed by atoms with Crippen LogP contribution in [0.25, 0.3) is 0 Å². The number of hydrogen-bond acceptors (Lipinski definition) is 6. The van der Waals surface area contributed by atoms with Gasteiger partial charge in [-0.1, -0.05) is 303 Å². The predicted octanol–water partition coefficient (Wildman–Crippen LogP) is 24.3. The highest BCUT2D eigenvalue weighted by molar-refractivity contribution is 5.71. The highest BCUT2D eigenvalue weighted by Gasteiger charge is 2.19. The van der Waals surface area contributed by atoms with Crippen molar-refractivity contribution in [1.29, 1.82) is 0 Å². The molecule has 0 spiro atoms. The summed E-state index contributed by atoms with van der Waals surface area (Å²) < 4.78 is 17.0. The second kappa shape index (κ2) is 70.3. The first-order valence-corrected chi connectivity index (χ1v) is 35.0. The Hall–Kier alpha value is -4.19. The highest BCUT2D eigenvalue weighted by Crippen LogP contribution is 2.17. The fourth-order valence-electron chi connectivity index (χ4n) is 9.75. The van der Waals surface area contributed by atoms with Crippen LogP contribution >= 0.6 is 0 Å². The van der Waals surface area contributed by atoms with Gasteiger partial charge < -0.3 is 14.2 Å². The SMILES string of the molecule is CC/C=C\C/C=C\C/C=C\C/C=C\C/C=C\CCCCCCCC(=O)OC(COC(=O)CCCCCCC/C=C\C/C=C\C/C=C\CC)COC(=O)CCCCCCCCCCCCCCCCCCC/C=C\C/C=C\CCCCCCC. The third kappa shape index (κ3) is 68.5. The molecule has 0 aromatic carbocycles. The number of allylic oxidation sites excluding steroid dienone is 20. The van der Waals surface area contributed by atoms with E-state index in [1.807, 2.05) is 0 Å². The fourth-order valence-corrected chi connectivity index (χ4v) is 9.75. The molecule has 0 radical (unpaired) electrons. The summed E-state index contributed by atoms with van der Waals surface area (Å²) in [6.07, 6.45) is 98.0. The van der Waals surface area contributed by atoms with E-state index in [1.54, 1.807) is 0 Å². The van der Waals surface area contributed by atoms with E-state index in [0.717, 1.165) is 154 Å². The second-order valence-corrected chi connectivity index (χ2v) is 23.0. The van der Waals surface area contributed by atoms with Crippen LogP contribution in [0.1, 0.15) is 329 Å². The molecular weight excluding hydrogens is 1020 g/mol. The highest BCUT2D eigenvalue weighted by atomic mass is 16.6. The molecule has 6 nitrogen and oxygen atoms in total.